The fourth-order valence-corrected chi connectivity index (χ4v) is 2.85. The van der Waals surface area contributed by atoms with E-state index in [9.17, 15) is 0 Å². The molecule has 4 unspecified atom stereocenters. The summed E-state index contributed by atoms with van der Waals surface area (Å²) >= 11 is 0. The number of hydrogen-bond acceptors (Lipinski definition) is 2. The Bertz CT molecular complexity index is 237. The average molecular weight is 224 g/mol. The molecule has 16 heavy (non-hydrogen) atoms. The van der Waals surface area contributed by atoms with Gasteiger partial charge in [0.1, 0.15) is 0 Å². The van der Waals surface area contributed by atoms with E-state index in [2.05, 4.69) is 19.1 Å². The van der Waals surface area contributed by atoms with Gasteiger partial charge in [-0.3, -0.25) is 0 Å². The van der Waals surface area contributed by atoms with Gasteiger partial charge < -0.3 is 9.47 Å². The lowest BCUT2D eigenvalue weighted by atomic mass is 9.83. The van der Waals surface area contributed by atoms with Crippen molar-refractivity contribution in [2.45, 2.75) is 63.8 Å². The van der Waals surface area contributed by atoms with Crippen molar-refractivity contribution in [3.8, 4) is 0 Å². The van der Waals surface area contributed by atoms with Crippen molar-refractivity contribution in [3.05, 3.63) is 12.2 Å². The third kappa shape index (κ3) is 2.86. The first kappa shape index (κ1) is 12.1. The fraction of sp³-hybridized carbons (Fsp3) is 0.857. The minimum absolute atomic E-state index is 0.434. The van der Waals surface area contributed by atoms with Gasteiger partial charge in [-0.2, -0.15) is 0 Å². The number of allylic oxidation sites excluding steroid dienone is 2. The maximum atomic E-state index is 5.70. The zero-order valence-corrected chi connectivity index (χ0v) is 10.5. The van der Waals surface area contributed by atoms with Crippen LogP contribution in [-0.2, 0) is 9.47 Å². The number of fused-ring (bicyclic) bond motifs is 1. The second-order valence-corrected chi connectivity index (χ2v) is 4.99. The minimum atomic E-state index is 0.434. The van der Waals surface area contributed by atoms with Crippen molar-refractivity contribution in [2.24, 2.45) is 5.92 Å². The van der Waals surface area contributed by atoms with Crippen molar-refractivity contribution in [1.29, 1.82) is 0 Å². The van der Waals surface area contributed by atoms with Crippen molar-refractivity contribution >= 4 is 0 Å². The van der Waals surface area contributed by atoms with Crippen LogP contribution in [0.5, 0.6) is 0 Å². The third-order valence-corrected chi connectivity index (χ3v) is 3.85. The molecular formula is C14H24O2. The van der Waals surface area contributed by atoms with E-state index in [4.69, 9.17) is 9.47 Å². The van der Waals surface area contributed by atoms with Crippen molar-refractivity contribution in [3.63, 3.8) is 0 Å². The molecule has 0 N–H and O–H groups in total. The van der Waals surface area contributed by atoms with Crippen LogP contribution in [0.3, 0.4) is 0 Å². The Hall–Kier alpha value is -0.340. The molecule has 2 fully saturated rings. The molecule has 1 heterocycles. The zero-order valence-electron chi connectivity index (χ0n) is 10.5. The van der Waals surface area contributed by atoms with E-state index in [1.807, 2.05) is 7.11 Å². The second-order valence-electron chi connectivity index (χ2n) is 4.99. The van der Waals surface area contributed by atoms with Crippen LogP contribution in [0.15, 0.2) is 12.2 Å². The Kier molecular flexibility index (Phi) is 4.42. The molecular weight excluding hydrogens is 200 g/mol. The average Bonchev–Trinajstić information content (AvgIpc) is 3.08. The highest BCUT2D eigenvalue weighted by molar-refractivity contribution is 4.99. The molecule has 2 rings (SSSR count). The highest BCUT2D eigenvalue weighted by atomic mass is 16.6. The number of hydrogen-bond donors (Lipinski definition) is 0. The van der Waals surface area contributed by atoms with E-state index in [0.29, 0.717) is 24.2 Å². The van der Waals surface area contributed by atoms with Crippen LogP contribution in [0.25, 0.3) is 0 Å². The van der Waals surface area contributed by atoms with Crippen molar-refractivity contribution in [1.82, 2.24) is 0 Å². The predicted octanol–water partition coefficient (Wildman–Crippen LogP) is 3.32. The molecule has 0 amide bonds. The van der Waals surface area contributed by atoms with Gasteiger partial charge in [0.25, 0.3) is 0 Å². The molecule has 2 aliphatic rings. The fourth-order valence-electron chi connectivity index (χ4n) is 2.85. The monoisotopic (exact) mass is 224 g/mol. The SMILES string of the molecule is CCC/C=C\CCC1C(OC)CCC2OC21. The maximum Gasteiger partial charge on any atom is 0.0894 e. The summed E-state index contributed by atoms with van der Waals surface area (Å²) in [4.78, 5) is 0. The standard InChI is InChI=1S/C14H24O2/c1-3-4-5-6-7-8-11-12(15-2)9-10-13-14(11)16-13/h5-6,11-14H,3-4,7-10H2,1-2H3/b6-5-. The molecule has 1 aliphatic heterocycles. The molecule has 92 valence electrons. The van der Waals surface area contributed by atoms with E-state index in [-0.39, 0.29) is 0 Å². The van der Waals surface area contributed by atoms with Gasteiger partial charge in [0.2, 0.25) is 0 Å². The van der Waals surface area contributed by atoms with Crippen LogP contribution in [0.4, 0.5) is 0 Å². The first-order chi connectivity index (χ1) is 7.86. The molecule has 0 aromatic carbocycles. The van der Waals surface area contributed by atoms with E-state index >= 15 is 0 Å². The Morgan fingerprint density at radius 1 is 1.25 bits per heavy atom. The number of methoxy groups -OCH3 is 1. The Labute approximate surface area is 99.0 Å². The zero-order chi connectivity index (χ0) is 11.4. The first-order valence-corrected chi connectivity index (χ1v) is 6.70. The molecule has 1 saturated carbocycles. The van der Waals surface area contributed by atoms with E-state index < -0.39 is 0 Å². The molecule has 1 aliphatic carbocycles. The summed E-state index contributed by atoms with van der Waals surface area (Å²) in [7, 11) is 1.84. The van der Waals surface area contributed by atoms with E-state index in [1.54, 1.807) is 0 Å². The van der Waals surface area contributed by atoms with Crippen LogP contribution in [-0.4, -0.2) is 25.4 Å². The maximum absolute atomic E-state index is 5.70. The quantitative estimate of drug-likeness (QED) is 0.510. The summed E-state index contributed by atoms with van der Waals surface area (Å²) in [5.74, 6) is 0.634. The van der Waals surface area contributed by atoms with Gasteiger partial charge in [0.15, 0.2) is 0 Å². The number of epoxide rings is 1. The Morgan fingerprint density at radius 3 is 2.81 bits per heavy atom. The summed E-state index contributed by atoms with van der Waals surface area (Å²) in [6.07, 6.45) is 13.4. The van der Waals surface area contributed by atoms with Crippen LogP contribution >= 0.6 is 0 Å². The van der Waals surface area contributed by atoms with Crippen LogP contribution < -0.4 is 0 Å². The molecule has 4 atom stereocenters. The largest absolute Gasteiger partial charge is 0.381 e. The highest BCUT2D eigenvalue weighted by Gasteiger charge is 2.50. The number of ether oxygens (including phenoxy) is 2. The molecule has 0 aromatic rings. The summed E-state index contributed by atoms with van der Waals surface area (Å²) in [5, 5.41) is 0. The Morgan fingerprint density at radius 2 is 2.06 bits per heavy atom. The van der Waals surface area contributed by atoms with Gasteiger partial charge in [0, 0.05) is 13.0 Å². The molecule has 2 heteroatoms. The minimum Gasteiger partial charge on any atom is -0.381 e. The van der Waals surface area contributed by atoms with E-state index in [1.165, 1.54) is 38.5 Å². The van der Waals surface area contributed by atoms with Crippen LogP contribution in [0, 0.1) is 5.92 Å². The van der Waals surface area contributed by atoms with Gasteiger partial charge in [-0.15, -0.1) is 0 Å². The number of unbranched alkanes of at least 4 members (excludes halogenated alkanes) is 1. The molecule has 2 nitrogen and oxygen atoms in total. The number of rotatable bonds is 6. The van der Waals surface area contributed by atoms with Crippen molar-refractivity contribution in [2.75, 3.05) is 7.11 Å². The summed E-state index contributed by atoms with van der Waals surface area (Å²) in [6.45, 7) is 2.22. The van der Waals surface area contributed by atoms with E-state index in [0.717, 1.165) is 0 Å². The highest BCUT2D eigenvalue weighted by Crippen LogP contribution is 2.43. The smallest absolute Gasteiger partial charge is 0.0894 e. The predicted molar refractivity (Wildman–Crippen MR) is 65.5 cm³/mol. The van der Waals surface area contributed by atoms with Crippen molar-refractivity contribution < 1.29 is 9.47 Å². The second kappa shape index (κ2) is 5.83. The normalized spacial score (nSPS) is 37.6. The van der Waals surface area contributed by atoms with Crippen LogP contribution in [0.1, 0.15) is 45.4 Å². The first-order valence-electron chi connectivity index (χ1n) is 6.70. The van der Waals surface area contributed by atoms with Gasteiger partial charge in [-0.05, 0) is 32.1 Å². The summed E-state index contributed by atoms with van der Waals surface area (Å²) in [6, 6.07) is 0. The van der Waals surface area contributed by atoms with Gasteiger partial charge in [0.05, 0.1) is 18.3 Å². The summed E-state index contributed by atoms with van der Waals surface area (Å²) in [5.41, 5.74) is 0. The topological polar surface area (TPSA) is 21.8 Å². The lowest BCUT2D eigenvalue weighted by Gasteiger charge is -2.27. The summed E-state index contributed by atoms with van der Waals surface area (Å²) < 4.78 is 11.3. The molecule has 0 aromatic heterocycles. The lowest BCUT2D eigenvalue weighted by molar-refractivity contribution is 0.0262. The lowest BCUT2D eigenvalue weighted by Crippen LogP contribution is -2.32. The van der Waals surface area contributed by atoms with Gasteiger partial charge in [-0.25, -0.2) is 0 Å². The molecule has 0 radical (unpaired) electrons. The molecule has 1 saturated heterocycles. The van der Waals surface area contributed by atoms with Gasteiger partial charge >= 0.3 is 0 Å². The molecule has 0 bridgehead atoms. The molecule has 0 spiro atoms. The Balaban J connectivity index is 1.73. The van der Waals surface area contributed by atoms with Gasteiger partial charge in [-0.1, -0.05) is 25.5 Å². The van der Waals surface area contributed by atoms with Crippen LogP contribution in [0.2, 0.25) is 0 Å². The third-order valence-electron chi connectivity index (χ3n) is 3.85.